The molecule has 0 saturated heterocycles. The van der Waals surface area contributed by atoms with Crippen LogP contribution in [0.4, 0.5) is 5.82 Å². The van der Waals surface area contributed by atoms with Gasteiger partial charge in [-0.1, -0.05) is 23.2 Å². The van der Waals surface area contributed by atoms with Crippen molar-refractivity contribution in [2.24, 2.45) is 0 Å². The summed E-state index contributed by atoms with van der Waals surface area (Å²) < 4.78 is 10.2. The summed E-state index contributed by atoms with van der Waals surface area (Å²) in [6.45, 7) is 3.29. The number of rotatable bonds is 6. The quantitative estimate of drug-likeness (QED) is 0.769. The minimum absolute atomic E-state index is 0.135. The molecule has 9 heteroatoms. The normalized spacial score (nSPS) is 10.2. The lowest BCUT2D eigenvalue weighted by molar-refractivity contribution is -0.119. The van der Waals surface area contributed by atoms with E-state index >= 15 is 0 Å². The summed E-state index contributed by atoms with van der Waals surface area (Å²) in [4.78, 5) is 31.9. The molecule has 0 aromatic carbocycles. The number of esters is 1. The zero-order valence-electron chi connectivity index (χ0n) is 13.5. The molecule has 0 fully saturated rings. The summed E-state index contributed by atoms with van der Waals surface area (Å²) in [5, 5.41) is 3.06. The van der Waals surface area contributed by atoms with Crippen LogP contribution in [0.25, 0.3) is 0 Å². The molecule has 25 heavy (non-hydrogen) atoms. The van der Waals surface area contributed by atoms with Crippen molar-refractivity contribution < 1.29 is 19.1 Å². The van der Waals surface area contributed by atoms with Gasteiger partial charge in [0.2, 0.25) is 5.88 Å². The van der Waals surface area contributed by atoms with Gasteiger partial charge < -0.3 is 14.8 Å². The molecule has 2 rings (SSSR count). The second-order valence-electron chi connectivity index (χ2n) is 4.81. The third-order valence-corrected chi connectivity index (χ3v) is 3.91. The highest BCUT2D eigenvalue weighted by atomic mass is 35.5. The fourth-order valence-corrected chi connectivity index (χ4v) is 2.21. The lowest BCUT2D eigenvalue weighted by atomic mass is 10.3. The van der Waals surface area contributed by atoms with Gasteiger partial charge in [-0.05, 0) is 31.5 Å². The van der Waals surface area contributed by atoms with Gasteiger partial charge in [0, 0.05) is 12.4 Å². The van der Waals surface area contributed by atoms with E-state index in [9.17, 15) is 9.59 Å². The molecule has 1 amide bonds. The zero-order chi connectivity index (χ0) is 18.4. The van der Waals surface area contributed by atoms with Gasteiger partial charge in [-0.15, -0.1) is 0 Å². The SMILES string of the molecule is CCOc1ncccc1C(=O)OCC(=O)Nc1ncc(Cl)c(C)c1Cl. The third kappa shape index (κ3) is 4.80. The molecule has 0 bridgehead atoms. The molecule has 0 aliphatic heterocycles. The van der Waals surface area contributed by atoms with E-state index in [1.165, 1.54) is 18.5 Å². The van der Waals surface area contributed by atoms with E-state index in [-0.39, 0.29) is 22.3 Å². The molecule has 0 radical (unpaired) electrons. The highest BCUT2D eigenvalue weighted by Gasteiger charge is 2.17. The fourth-order valence-electron chi connectivity index (χ4n) is 1.82. The van der Waals surface area contributed by atoms with Crippen LogP contribution in [0, 0.1) is 6.92 Å². The smallest absolute Gasteiger partial charge is 0.344 e. The predicted molar refractivity (Wildman–Crippen MR) is 93.3 cm³/mol. The van der Waals surface area contributed by atoms with Gasteiger partial charge in [-0.3, -0.25) is 4.79 Å². The molecule has 0 saturated carbocycles. The first-order valence-corrected chi connectivity index (χ1v) is 8.05. The molecule has 0 unspecified atom stereocenters. The number of amides is 1. The van der Waals surface area contributed by atoms with Crippen LogP contribution in [0.2, 0.25) is 10.0 Å². The van der Waals surface area contributed by atoms with E-state index in [0.29, 0.717) is 17.2 Å². The number of nitrogens with one attached hydrogen (secondary N) is 1. The fraction of sp³-hybridized carbons (Fsp3) is 0.250. The first-order valence-electron chi connectivity index (χ1n) is 7.29. The van der Waals surface area contributed by atoms with E-state index in [2.05, 4.69) is 15.3 Å². The van der Waals surface area contributed by atoms with Crippen LogP contribution in [0.3, 0.4) is 0 Å². The molecule has 2 aromatic rings. The minimum Gasteiger partial charge on any atom is -0.477 e. The minimum atomic E-state index is -0.724. The van der Waals surface area contributed by atoms with E-state index in [0.717, 1.165) is 0 Å². The zero-order valence-corrected chi connectivity index (χ0v) is 15.0. The predicted octanol–water partition coefficient (Wildman–Crippen LogP) is 3.29. The van der Waals surface area contributed by atoms with Crippen molar-refractivity contribution in [3.05, 3.63) is 45.7 Å². The number of halogens is 2. The number of hydrogen-bond acceptors (Lipinski definition) is 6. The number of pyridine rings is 2. The number of carbonyl (C=O) groups is 2. The Kier molecular flexibility index (Phi) is 6.55. The molecule has 2 heterocycles. The molecule has 2 aromatic heterocycles. The molecule has 0 atom stereocenters. The molecular weight excluding hydrogens is 369 g/mol. The largest absolute Gasteiger partial charge is 0.477 e. The number of anilines is 1. The Morgan fingerprint density at radius 1 is 1.28 bits per heavy atom. The summed E-state index contributed by atoms with van der Waals surface area (Å²) in [5.74, 6) is -1.03. The Labute approximate surface area is 154 Å². The average Bonchev–Trinajstić information content (AvgIpc) is 2.61. The van der Waals surface area contributed by atoms with E-state index in [4.69, 9.17) is 32.7 Å². The van der Waals surface area contributed by atoms with Crippen LogP contribution in [-0.2, 0) is 9.53 Å². The van der Waals surface area contributed by atoms with Crippen molar-refractivity contribution in [2.75, 3.05) is 18.5 Å². The van der Waals surface area contributed by atoms with Gasteiger partial charge in [-0.25, -0.2) is 14.8 Å². The van der Waals surface area contributed by atoms with E-state index in [1.54, 1.807) is 19.9 Å². The lowest BCUT2D eigenvalue weighted by Gasteiger charge is -2.10. The van der Waals surface area contributed by atoms with Crippen LogP contribution in [0.15, 0.2) is 24.5 Å². The van der Waals surface area contributed by atoms with Crippen molar-refractivity contribution in [3.63, 3.8) is 0 Å². The van der Waals surface area contributed by atoms with Gasteiger partial charge in [0.25, 0.3) is 5.91 Å². The van der Waals surface area contributed by atoms with Crippen molar-refractivity contribution in [3.8, 4) is 5.88 Å². The average molecular weight is 384 g/mol. The van der Waals surface area contributed by atoms with Gasteiger partial charge in [-0.2, -0.15) is 0 Å². The van der Waals surface area contributed by atoms with E-state index < -0.39 is 18.5 Å². The summed E-state index contributed by atoms with van der Waals surface area (Å²) >= 11 is 11.9. The first-order chi connectivity index (χ1) is 11.9. The number of aromatic nitrogens is 2. The van der Waals surface area contributed by atoms with Gasteiger partial charge in [0.15, 0.2) is 12.4 Å². The number of ether oxygens (including phenoxy) is 2. The second kappa shape index (κ2) is 8.64. The number of hydrogen-bond donors (Lipinski definition) is 1. The third-order valence-electron chi connectivity index (χ3n) is 3.07. The van der Waals surface area contributed by atoms with Crippen LogP contribution in [0.5, 0.6) is 5.88 Å². The molecule has 1 N–H and O–H groups in total. The summed E-state index contributed by atoms with van der Waals surface area (Å²) in [7, 11) is 0. The molecule has 7 nitrogen and oxygen atoms in total. The van der Waals surface area contributed by atoms with E-state index in [1.807, 2.05) is 0 Å². The molecule has 132 valence electrons. The Balaban J connectivity index is 1.99. The van der Waals surface area contributed by atoms with Crippen molar-refractivity contribution in [1.29, 1.82) is 0 Å². The standard InChI is InChI=1S/C16H15Cl2N3O4/c1-3-24-15-10(5-4-6-19-15)16(23)25-8-12(22)21-14-13(18)9(2)11(17)7-20-14/h4-7H,3,8H2,1-2H3,(H,20,21,22). The second-order valence-corrected chi connectivity index (χ2v) is 5.59. The molecule has 0 aliphatic carbocycles. The van der Waals surface area contributed by atoms with Crippen LogP contribution < -0.4 is 10.1 Å². The summed E-state index contributed by atoms with van der Waals surface area (Å²) in [5.41, 5.74) is 0.720. The highest BCUT2D eigenvalue weighted by molar-refractivity contribution is 6.37. The summed E-state index contributed by atoms with van der Waals surface area (Å²) in [6, 6.07) is 3.07. The van der Waals surface area contributed by atoms with Gasteiger partial charge in [0.1, 0.15) is 5.56 Å². The van der Waals surface area contributed by atoms with Crippen molar-refractivity contribution in [2.45, 2.75) is 13.8 Å². The maximum absolute atomic E-state index is 12.1. The number of carbonyl (C=O) groups excluding carboxylic acids is 2. The Morgan fingerprint density at radius 2 is 2.04 bits per heavy atom. The molecule has 0 aliphatic rings. The Hall–Kier alpha value is -2.38. The van der Waals surface area contributed by atoms with Crippen LogP contribution in [0.1, 0.15) is 22.8 Å². The Bertz CT molecular complexity index is 799. The maximum atomic E-state index is 12.1. The summed E-state index contributed by atoms with van der Waals surface area (Å²) in [6.07, 6.45) is 2.86. The maximum Gasteiger partial charge on any atom is 0.344 e. The highest BCUT2D eigenvalue weighted by Crippen LogP contribution is 2.28. The first kappa shape index (κ1) is 19.0. The monoisotopic (exact) mass is 383 g/mol. The number of nitrogens with zero attached hydrogens (tertiary/aromatic N) is 2. The van der Waals surface area contributed by atoms with Crippen molar-refractivity contribution in [1.82, 2.24) is 9.97 Å². The molecule has 0 spiro atoms. The van der Waals surface area contributed by atoms with Crippen LogP contribution in [-0.4, -0.2) is 35.1 Å². The van der Waals surface area contributed by atoms with Crippen molar-refractivity contribution >= 4 is 40.9 Å². The van der Waals surface area contributed by atoms with Gasteiger partial charge >= 0.3 is 5.97 Å². The topological polar surface area (TPSA) is 90.4 Å². The van der Waals surface area contributed by atoms with Gasteiger partial charge in [0.05, 0.1) is 16.7 Å². The lowest BCUT2D eigenvalue weighted by Crippen LogP contribution is -2.22. The Morgan fingerprint density at radius 3 is 2.76 bits per heavy atom. The van der Waals surface area contributed by atoms with Crippen LogP contribution >= 0.6 is 23.2 Å². The molecular formula is C16H15Cl2N3O4.